The zero-order valence-corrected chi connectivity index (χ0v) is 25.9. The van der Waals surface area contributed by atoms with Gasteiger partial charge >= 0.3 is 5.97 Å². The number of halogens is 1. The van der Waals surface area contributed by atoms with E-state index in [9.17, 15) is 19.1 Å². The van der Waals surface area contributed by atoms with Crippen LogP contribution in [0.1, 0.15) is 68.6 Å². The molecule has 226 valence electrons. The number of carbonyl (C=O) groups excluding carboxylic acids is 1. The number of benzene rings is 3. The maximum atomic E-state index is 14.4. The van der Waals surface area contributed by atoms with Crippen LogP contribution in [0.3, 0.4) is 0 Å². The number of nitrogens with zero attached hydrogens (tertiary/aromatic N) is 3. The molecule has 0 spiro atoms. The van der Waals surface area contributed by atoms with Gasteiger partial charge in [0.1, 0.15) is 0 Å². The first-order chi connectivity index (χ1) is 21.3. The van der Waals surface area contributed by atoms with E-state index in [1.54, 1.807) is 12.1 Å². The van der Waals surface area contributed by atoms with Crippen LogP contribution in [0.4, 0.5) is 14.7 Å². The van der Waals surface area contributed by atoms with E-state index < -0.39 is 11.8 Å². The Hall–Kier alpha value is -4.35. The molecule has 3 heterocycles. The molecule has 0 saturated carbocycles. The Labute approximate surface area is 262 Å². The number of amides is 1. The van der Waals surface area contributed by atoms with E-state index in [4.69, 9.17) is 4.74 Å². The van der Waals surface area contributed by atoms with Gasteiger partial charge in [-0.25, -0.2) is 19.2 Å². The molecule has 2 N–H and O–H groups in total. The van der Waals surface area contributed by atoms with Crippen molar-refractivity contribution in [2.24, 2.45) is 0 Å². The number of fused-ring (bicyclic) bond motifs is 2. The number of carboxylic acids is 1. The lowest BCUT2D eigenvalue weighted by atomic mass is 9.94. The zero-order chi connectivity index (χ0) is 30.8. The van der Waals surface area contributed by atoms with Crippen molar-refractivity contribution in [1.29, 1.82) is 0 Å². The van der Waals surface area contributed by atoms with Crippen molar-refractivity contribution in [2.75, 3.05) is 23.4 Å². The van der Waals surface area contributed by atoms with Crippen molar-refractivity contribution in [3.63, 3.8) is 0 Å². The minimum atomic E-state index is -1.09. The lowest BCUT2D eigenvalue weighted by Crippen LogP contribution is -2.32. The SMILES string of the molecule is CC(C)c1cccc(F)c1OCCCc1sc(N2CCc3cccc(C(=O)Nc4nc5ccccc5s4)c3C2)nc1C(=O)O. The molecule has 6 rings (SSSR count). The van der Waals surface area contributed by atoms with Gasteiger partial charge in [0.15, 0.2) is 27.5 Å². The summed E-state index contributed by atoms with van der Waals surface area (Å²) in [5.74, 6) is -1.36. The summed E-state index contributed by atoms with van der Waals surface area (Å²) in [7, 11) is 0. The molecular formula is C33H31FN4O4S2. The van der Waals surface area contributed by atoms with Crippen LogP contribution in [0.15, 0.2) is 60.7 Å². The van der Waals surface area contributed by atoms with Crippen molar-refractivity contribution in [2.45, 2.75) is 45.6 Å². The van der Waals surface area contributed by atoms with Crippen LogP contribution in [0.25, 0.3) is 10.2 Å². The van der Waals surface area contributed by atoms with E-state index in [2.05, 4.69) is 15.3 Å². The Morgan fingerprint density at radius 3 is 2.68 bits per heavy atom. The molecule has 3 aromatic carbocycles. The summed E-state index contributed by atoms with van der Waals surface area (Å²) in [4.78, 5) is 37.2. The maximum Gasteiger partial charge on any atom is 0.355 e. The molecule has 1 amide bonds. The van der Waals surface area contributed by atoms with Crippen molar-refractivity contribution in [3.8, 4) is 5.75 Å². The lowest BCUT2D eigenvalue weighted by Gasteiger charge is -2.29. The second-order valence-corrected chi connectivity index (χ2v) is 13.0. The van der Waals surface area contributed by atoms with Crippen molar-refractivity contribution in [3.05, 3.63) is 99.3 Å². The van der Waals surface area contributed by atoms with Gasteiger partial charge in [-0.3, -0.25) is 10.1 Å². The minimum Gasteiger partial charge on any atom is -0.490 e. The number of aryl methyl sites for hydroxylation is 1. The molecule has 44 heavy (non-hydrogen) atoms. The Balaban J connectivity index is 1.16. The number of para-hydroxylation sites is 2. The van der Waals surface area contributed by atoms with Crippen molar-refractivity contribution in [1.82, 2.24) is 9.97 Å². The molecule has 5 aromatic rings. The van der Waals surface area contributed by atoms with Crippen molar-refractivity contribution >= 4 is 55.0 Å². The van der Waals surface area contributed by atoms with Crippen LogP contribution in [-0.4, -0.2) is 40.1 Å². The molecule has 1 aliphatic rings. The van der Waals surface area contributed by atoms with Gasteiger partial charge in [0, 0.05) is 23.5 Å². The molecule has 2 aromatic heterocycles. The number of carboxylic acid groups (broad SMARTS) is 1. The molecule has 0 unspecified atom stereocenters. The second kappa shape index (κ2) is 12.7. The first kappa shape index (κ1) is 29.7. The molecule has 0 aliphatic carbocycles. The molecule has 1 aliphatic heterocycles. The Morgan fingerprint density at radius 1 is 1.07 bits per heavy atom. The first-order valence-corrected chi connectivity index (χ1v) is 16.1. The number of ether oxygens (including phenoxy) is 1. The van der Waals surface area contributed by atoms with Crippen LogP contribution in [0.2, 0.25) is 0 Å². The topological polar surface area (TPSA) is 105 Å². The fourth-order valence-electron chi connectivity index (χ4n) is 5.40. The summed E-state index contributed by atoms with van der Waals surface area (Å²) in [5, 5.41) is 14.0. The second-order valence-electron chi connectivity index (χ2n) is 10.9. The standard InChI is InChI=1S/C33H31FN4O4S2/c1-19(2)21-9-6-11-24(34)29(21)42-17-7-14-27-28(31(40)41)36-33(44-27)38-16-15-20-8-5-10-22(23(20)18-38)30(39)37-32-35-25-12-3-4-13-26(25)43-32/h3-6,8-13,19H,7,14-18H2,1-2H3,(H,40,41)(H,35,37,39). The fourth-order valence-corrected chi connectivity index (χ4v) is 7.38. The third-order valence-electron chi connectivity index (χ3n) is 7.61. The van der Waals surface area contributed by atoms with E-state index in [0.29, 0.717) is 53.1 Å². The number of anilines is 2. The molecule has 0 atom stereocenters. The van der Waals surface area contributed by atoms with Crippen LogP contribution in [0, 0.1) is 5.82 Å². The van der Waals surface area contributed by atoms with Gasteiger partial charge in [-0.05, 0) is 66.1 Å². The molecular weight excluding hydrogens is 600 g/mol. The van der Waals surface area contributed by atoms with Crippen LogP contribution in [0.5, 0.6) is 5.75 Å². The predicted octanol–water partition coefficient (Wildman–Crippen LogP) is 7.54. The number of rotatable bonds is 10. The summed E-state index contributed by atoms with van der Waals surface area (Å²) < 4.78 is 21.2. The Bertz CT molecular complexity index is 1820. The monoisotopic (exact) mass is 630 g/mol. The van der Waals surface area contributed by atoms with E-state index in [1.165, 1.54) is 28.7 Å². The largest absolute Gasteiger partial charge is 0.490 e. The van der Waals surface area contributed by atoms with E-state index in [1.807, 2.05) is 61.2 Å². The van der Waals surface area contributed by atoms with Crippen LogP contribution < -0.4 is 15.0 Å². The Morgan fingerprint density at radius 2 is 1.89 bits per heavy atom. The number of aromatic carboxylic acids is 1. The number of hydrogen-bond donors (Lipinski definition) is 2. The number of nitrogens with one attached hydrogen (secondary N) is 1. The molecule has 0 bridgehead atoms. The third kappa shape index (κ3) is 6.15. The smallest absolute Gasteiger partial charge is 0.355 e. The number of aromatic nitrogens is 2. The van der Waals surface area contributed by atoms with Crippen LogP contribution in [-0.2, 0) is 19.4 Å². The van der Waals surface area contributed by atoms with Gasteiger partial charge in [0.2, 0.25) is 0 Å². The molecule has 0 saturated heterocycles. The van der Waals surface area contributed by atoms with Gasteiger partial charge in [0.05, 0.1) is 16.8 Å². The lowest BCUT2D eigenvalue weighted by molar-refractivity contribution is 0.0690. The van der Waals surface area contributed by atoms with Crippen LogP contribution >= 0.6 is 22.7 Å². The van der Waals surface area contributed by atoms with Gasteiger partial charge < -0.3 is 14.7 Å². The summed E-state index contributed by atoms with van der Waals surface area (Å²) in [5.41, 5.74) is 4.20. The van der Waals surface area contributed by atoms with E-state index >= 15 is 0 Å². The summed E-state index contributed by atoms with van der Waals surface area (Å²) in [6.45, 7) is 5.29. The summed E-state index contributed by atoms with van der Waals surface area (Å²) in [6.07, 6.45) is 1.64. The number of thiazole rings is 2. The Kier molecular flexibility index (Phi) is 8.58. The molecule has 0 radical (unpaired) electrons. The predicted molar refractivity (Wildman–Crippen MR) is 172 cm³/mol. The molecule has 8 nitrogen and oxygen atoms in total. The highest BCUT2D eigenvalue weighted by Gasteiger charge is 2.27. The number of hydrogen-bond acceptors (Lipinski definition) is 8. The maximum absolute atomic E-state index is 14.4. The normalized spacial score (nSPS) is 12.9. The highest BCUT2D eigenvalue weighted by molar-refractivity contribution is 7.22. The number of carbonyl (C=O) groups is 2. The highest BCUT2D eigenvalue weighted by Crippen LogP contribution is 2.34. The average molecular weight is 631 g/mol. The van der Waals surface area contributed by atoms with Gasteiger partial charge in [-0.2, -0.15) is 0 Å². The molecule has 0 fully saturated rings. The van der Waals surface area contributed by atoms with E-state index in [-0.39, 0.29) is 29.9 Å². The molecule has 11 heteroatoms. The zero-order valence-electron chi connectivity index (χ0n) is 24.3. The van der Waals surface area contributed by atoms with E-state index in [0.717, 1.165) is 26.9 Å². The minimum absolute atomic E-state index is 0.0198. The highest BCUT2D eigenvalue weighted by atomic mass is 32.1. The van der Waals surface area contributed by atoms with Gasteiger partial charge in [0.25, 0.3) is 5.91 Å². The summed E-state index contributed by atoms with van der Waals surface area (Å²) in [6, 6.07) is 18.4. The first-order valence-electron chi connectivity index (χ1n) is 14.5. The average Bonchev–Trinajstić information content (AvgIpc) is 3.63. The fraction of sp³-hybridized carbons (Fsp3) is 0.273. The van der Waals surface area contributed by atoms with Gasteiger partial charge in [-0.1, -0.05) is 61.6 Å². The summed E-state index contributed by atoms with van der Waals surface area (Å²) >= 11 is 2.77. The third-order valence-corrected chi connectivity index (χ3v) is 9.73. The quantitative estimate of drug-likeness (QED) is 0.154. The van der Waals surface area contributed by atoms with Crippen molar-refractivity contribution < 1.29 is 23.8 Å². The van der Waals surface area contributed by atoms with Gasteiger partial charge in [-0.15, -0.1) is 11.3 Å².